The van der Waals surface area contributed by atoms with Gasteiger partial charge in [-0.05, 0) is 18.7 Å². The third-order valence-electron chi connectivity index (χ3n) is 3.20. The number of benzene rings is 1. The van der Waals surface area contributed by atoms with Gasteiger partial charge in [0.05, 0.1) is 11.4 Å². The summed E-state index contributed by atoms with van der Waals surface area (Å²) in [5.74, 6) is 0. The van der Waals surface area contributed by atoms with Gasteiger partial charge in [0.2, 0.25) is 0 Å². The maximum Gasteiger partial charge on any atom is 0.0703 e. The van der Waals surface area contributed by atoms with Crippen LogP contribution in [0, 0.1) is 0 Å². The van der Waals surface area contributed by atoms with Crippen molar-refractivity contribution in [2.75, 3.05) is 6.54 Å². The van der Waals surface area contributed by atoms with Gasteiger partial charge in [0.25, 0.3) is 0 Å². The fourth-order valence-electron chi connectivity index (χ4n) is 2.33. The first-order chi connectivity index (χ1) is 8.79. The van der Waals surface area contributed by atoms with Crippen molar-refractivity contribution in [2.45, 2.75) is 6.42 Å². The van der Waals surface area contributed by atoms with E-state index in [1.165, 1.54) is 10.9 Å². The van der Waals surface area contributed by atoms with E-state index in [1.807, 2.05) is 24.0 Å². The number of para-hydroxylation sites is 1. The third kappa shape index (κ3) is 1.71. The van der Waals surface area contributed by atoms with E-state index < -0.39 is 0 Å². The number of nitrogens with zero attached hydrogens (tertiary/aromatic N) is 2. The van der Waals surface area contributed by atoms with Crippen molar-refractivity contribution in [1.29, 1.82) is 0 Å². The number of H-pyrrole nitrogens is 1. The average molecular weight is 240 g/mol. The molecule has 0 spiro atoms. The highest BCUT2D eigenvalue weighted by Gasteiger charge is 2.11. The standard InChI is InChI=1S/C14H16N4/c1-18-14(8-10(17-18)6-7-15)12-9-16-13-5-3-2-4-11(12)13/h2-5,8-9,16H,6-7,15H2,1H3. The normalized spacial score (nSPS) is 11.2. The van der Waals surface area contributed by atoms with Gasteiger partial charge >= 0.3 is 0 Å². The Morgan fingerprint density at radius 1 is 1.33 bits per heavy atom. The predicted molar refractivity (Wildman–Crippen MR) is 73.3 cm³/mol. The molecule has 3 N–H and O–H groups in total. The van der Waals surface area contributed by atoms with Crippen molar-refractivity contribution in [3.63, 3.8) is 0 Å². The van der Waals surface area contributed by atoms with E-state index >= 15 is 0 Å². The number of hydrogen-bond acceptors (Lipinski definition) is 2. The molecule has 92 valence electrons. The van der Waals surface area contributed by atoms with Gasteiger partial charge < -0.3 is 10.7 Å². The lowest BCUT2D eigenvalue weighted by atomic mass is 10.1. The van der Waals surface area contributed by atoms with Crippen LogP contribution in [-0.4, -0.2) is 21.3 Å². The van der Waals surface area contributed by atoms with Crippen molar-refractivity contribution >= 4 is 10.9 Å². The molecule has 0 unspecified atom stereocenters. The lowest BCUT2D eigenvalue weighted by Gasteiger charge is -1.99. The first kappa shape index (κ1) is 11.0. The topological polar surface area (TPSA) is 59.6 Å². The summed E-state index contributed by atoms with van der Waals surface area (Å²) < 4.78 is 1.92. The summed E-state index contributed by atoms with van der Waals surface area (Å²) in [6.45, 7) is 0.629. The molecular weight excluding hydrogens is 224 g/mol. The van der Waals surface area contributed by atoms with Crippen LogP contribution in [0.3, 0.4) is 0 Å². The van der Waals surface area contributed by atoms with Gasteiger partial charge in [0.15, 0.2) is 0 Å². The Labute approximate surface area is 105 Å². The quantitative estimate of drug-likeness (QED) is 0.736. The van der Waals surface area contributed by atoms with E-state index in [9.17, 15) is 0 Å². The van der Waals surface area contributed by atoms with Crippen molar-refractivity contribution in [3.8, 4) is 11.3 Å². The molecule has 0 bridgehead atoms. The summed E-state index contributed by atoms with van der Waals surface area (Å²) in [5, 5.41) is 5.71. The minimum absolute atomic E-state index is 0.629. The molecule has 1 aromatic carbocycles. The zero-order valence-corrected chi connectivity index (χ0v) is 10.4. The molecular formula is C14H16N4. The van der Waals surface area contributed by atoms with Gasteiger partial charge in [0.1, 0.15) is 0 Å². The largest absolute Gasteiger partial charge is 0.360 e. The van der Waals surface area contributed by atoms with E-state index in [2.05, 4.69) is 34.3 Å². The first-order valence-corrected chi connectivity index (χ1v) is 6.09. The van der Waals surface area contributed by atoms with Crippen molar-refractivity contribution in [2.24, 2.45) is 12.8 Å². The molecule has 0 radical (unpaired) electrons. The van der Waals surface area contributed by atoms with Gasteiger partial charge in [-0.3, -0.25) is 4.68 Å². The van der Waals surface area contributed by atoms with Crippen LogP contribution in [0.4, 0.5) is 0 Å². The molecule has 0 saturated carbocycles. The molecule has 4 heteroatoms. The van der Waals surface area contributed by atoms with Crippen molar-refractivity contribution < 1.29 is 0 Å². The van der Waals surface area contributed by atoms with Gasteiger partial charge in [-0.25, -0.2) is 0 Å². The highest BCUT2D eigenvalue weighted by molar-refractivity contribution is 5.94. The Kier molecular flexibility index (Phi) is 2.64. The van der Waals surface area contributed by atoms with E-state index in [0.29, 0.717) is 6.54 Å². The maximum absolute atomic E-state index is 5.57. The van der Waals surface area contributed by atoms with Gasteiger partial charge in [0, 0.05) is 36.1 Å². The molecule has 3 aromatic rings. The molecule has 18 heavy (non-hydrogen) atoms. The van der Waals surface area contributed by atoms with Crippen LogP contribution in [0.1, 0.15) is 5.69 Å². The number of nitrogens with two attached hydrogens (primary N) is 1. The molecule has 0 atom stereocenters. The third-order valence-corrected chi connectivity index (χ3v) is 3.20. The van der Waals surface area contributed by atoms with Crippen LogP contribution < -0.4 is 5.73 Å². The summed E-state index contributed by atoms with van der Waals surface area (Å²) in [6, 6.07) is 10.4. The number of nitrogens with one attached hydrogen (secondary N) is 1. The number of aryl methyl sites for hydroxylation is 1. The highest BCUT2D eigenvalue weighted by Crippen LogP contribution is 2.28. The lowest BCUT2D eigenvalue weighted by Crippen LogP contribution is -2.03. The van der Waals surface area contributed by atoms with E-state index in [1.54, 1.807) is 0 Å². The number of fused-ring (bicyclic) bond motifs is 1. The van der Waals surface area contributed by atoms with Crippen LogP contribution in [-0.2, 0) is 13.5 Å². The zero-order valence-electron chi connectivity index (χ0n) is 10.4. The Bertz CT molecular complexity index is 678. The second kappa shape index (κ2) is 4.31. The molecule has 0 aliphatic carbocycles. The second-order valence-electron chi connectivity index (χ2n) is 4.43. The van der Waals surface area contributed by atoms with Crippen LogP contribution in [0.2, 0.25) is 0 Å². The van der Waals surface area contributed by atoms with E-state index in [4.69, 9.17) is 5.73 Å². The molecule has 2 heterocycles. The minimum Gasteiger partial charge on any atom is -0.360 e. The number of hydrogen-bond donors (Lipinski definition) is 2. The van der Waals surface area contributed by atoms with E-state index in [-0.39, 0.29) is 0 Å². The summed E-state index contributed by atoms with van der Waals surface area (Å²) in [5.41, 5.74) is 10.1. The smallest absolute Gasteiger partial charge is 0.0703 e. The number of aromatic amines is 1. The Morgan fingerprint density at radius 2 is 2.17 bits per heavy atom. The monoisotopic (exact) mass is 240 g/mol. The van der Waals surface area contributed by atoms with Crippen molar-refractivity contribution in [3.05, 3.63) is 42.2 Å². The maximum atomic E-state index is 5.57. The van der Waals surface area contributed by atoms with E-state index in [0.717, 1.165) is 23.3 Å². The SMILES string of the molecule is Cn1nc(CCN)cc1-c1c[nH]c2ccccc12. The summed E-state index contributed by atoms with van der Waals surface area (Å²) >= 11 is 0. The summed E-state index contributed by atoms with van der Waals surface area (Å²) in [7, 11) is 1.97. The van der Waals surface area contributed by atoms with Gasteiger partial charge in [-0.15, -0.1) is 0 Å². The second-order valence-corrected chi connectivity index (χ2v) is 4.43. The molecule has 0 aliphatic heterocycles. The van der Waals surface area contributed by atoms with Crippen LogP contribution in [0.25, 0.3) is 22.2 Å². The van der Waals surface area contributed by atoms with Gasteiger partial charge in [-0.2, -0.15) is 5.10 Å². The highest BCUT2D eigenvalue weighted by atomic mass is 15.3. The molecule has 2 aromatic heterocycles. The van der Waals surface area contributed by atoms with Crippen LogP contribution in [0.5, 0.6) is 0 Å². The van der Waals surface area contributed by atoms with Gasteiger partial charge in [-0.1, -0.05) is 18.2 Å². The Hall–Kier alpha value is -2.07. The number of aromatic nitrogens is 3. The molecule has 0 fully saturated rings. The average Bonchev–Trinajstić information content (AvgIpc) is 2.93. The molecule has 4 nitrogen and oxygen atoms in total. The molecule has 0 amide bonds. The van der Waals surface area contributed by atoms with Crippen LogP contribution >= 0.6 is 0 Å². The fraction of sp³-hybridized carbons (Fsp3) is 0.214. The molecule has 3 rings (SSSR count). The summed E-state index contributed by atoms with van der Waals surface area (Å²) in [4.78, 5) is 3.29. The van der Waals surface area contributed by atoms with Crippen LogP contribution in [0.15, 0.2) is 36.5 Å². The Morgan fingerprint density at radius 3 is 3.00 bits per heavy atom. The first-order valence-electron chi connectivity index (χ1n) is 6.09. The molecule has 0 aliphatic rings. The summed E-state index contributed by atoms with van der Waals surface area (Å²) in [6.07, 6.45) is 2.85. The minimum atomic E-state index is 0.629. The zero-order chi connectivity index (χ0) is 12.5. The molecule has 0 saturated heterocycles. The van der Waals surface area contributed by atoms with Crippen molar-refractivity contribution in [1.82, 2.24) is 14.8 Å². The lowest BCUT2D eigenvalue weighted by molar-refractivity contribution is 0.745. The number of rotatable bonds is 3. The fourth-order valence-corrected chi connectivity index (χ4v) is 2.33. The Balaban J connectivity index is 2.14. The predicted octanol–water partition coefficient (Wildman–Crippen LogP) is 2.07.